The largest absolute Gasteiger partial charge is 0.354 e. The first kappa shape index (κ1) is 16.4. The molecule has 2 heterocycles. The van der Waals surface area contributed by atoms with E-state index >= 15 is 0 Å². The Kier molecular flexibility index (Phi) is 5.43. The fraction of sp³-hybridized carbons (Fsp3) is 0.471. The van der Waals surface area contributed by atoms with Crippen LogP contribution in [-0.2, 0) is 4.79 Å². The normalized spacial score (nSPS) is 15.3. The highest BCUT2D eigenvalue weighted by atomic mass is 16.2. The number of nitrogens with zero attached hydrogens (tertiary/aromatic N) is 1. The summed E-state index contributed by atoms with van der Waals surface area (Å²) in [5, 5.41) is 16.6. The van der Waals surface area contributed by atoms with E-state index in [2.05, 4.69) is 26.1 Å². The van der Waals surface area contributed by atoms with E-state index in [9.17, 15) is 9.59 Å². The Morgan fingerprint density at radius 2 is 1.88 bits per heavy atom. The number of benzene rings is 1. The van der Waals surface area contributed by atoms with Crippen molar-refractivity contribution in [2.75, 3.05) is 26.2 Å². The molecule has 1 fully saturated rings. The van der Waals surface area contributed by atoms with Gasteiger partial charge in [-0.2, -0.15) is 5.10 Å². The van der Waals surface area contributed by atoms with Gasteiger partial charge < -0.3 is 16.0 Å². The van der Waals surface area contributed by atoms with Gasteiger partial charge in [-0.15, -0.1) is 0 Å². The number of carbonyl (C=O) groups is 2. The molecule has 7 heteroatoms. The van der Waals surface area contributed by atoms with Crippen LogP contribution in [0.3, 0.4) is 0 Å². The molecule has 0 radical (unpaired) electrons. The van der Waals surface area contributed by atoms with Crippen LogP contribution in [0.4, 0.5) is 0 Å². The molecule has 0 bridgehead atoms. The van der Waals surface area contributed by atoms with E-state index in [0.29, 0.717) is 31.1 Å². The second-order valence-electron chi connectivity index (χ2n) is 6.12. The van der Waals surface area contributed by atoms with Crippen LogP contribution >= 0.6 is 0 Å². The van der Waals surface area contributed by atoms with E-state index in [0.717, 1.165) is 36.8 Å². The van der Waals surface area contributed by atoms with Gasteiger partial charge in [0.25, 0.3) is 5.91 Å². The average Bonchev–Trinajstić information content (AvgIpc) is 3.03. The first-order valence-corrected chi connectivity index (χ1v) is 8.43. The fourth-order valence-electron chi connectivity index (χ4n) is 3.02. The average molecular weight is 329 g/mol. The molecule has 1 aliphatic rings. The monoisotopic (exact) mass is 329 g/mol. The summed E-state index contributed by atoms with van der Waals surface area (Å²) in [7, 11) is 0. The Morgan fingerprint density at radius 1 is 1.12 bits per heavy atom. The fourth-order valence-corrected chi connectivity index (χ4v) is 3.02. The van der Waals surface area contributed by atoms with Crippen molar-refractivity contribution in [3.63, 3.8) is 0 Å². The van der Waals surface area contributed by atoms with Gasteiger partial charge in [-0.25, -0.2) is 0 Å². The maximum Gasteiger partial charge on any atom is 0.272 e. The minimum absolute atomic E-state index is 0.0568. The zero-order chi connectivity index (χ0) is 16.8. The molecule has 0 atom stereocenters. The van der Waals surface area contributed by atoms with Crippen LogP contribution < -0.4 is 16.0 Å². The molecule has 2 amide bonds. The summed E-state index contributed by atoms with van der Waals surface area (Å²) in [4.78, 5) is 24.1. The van der Waals surface area contributed by atoms with E-state index in [-0.39, 0.29) is 11.8 Å². The molecule has 1 aromatic heterocycles. The number of rotatable bonds is 6. The molecule has 128 valence electrons. The van der Waals surface area contributed by atoms with Crippen molar-refractivity contribution in [3.8, 4) is 0 Å². The number of carbonyl (C=O) groups excluding carboxylic acids is 2. The van der Waals surface area contributed by atoms with Crippen molar-refractivity contribution in [2.24, 2.45) is 5.92 Å². The Morgan fingerprint density at radius 3 is 2.71 bits per heavy atom. The lowest BCUT2D eigenvalue weighted by Gasteiger charge is -2.21. The Bertz CT molecular complexity index is 706. The lowest BCUT2D eigenvalue weighted by atomic mass is 9.94. The summed E-state index contributed by atoms with van der Waals surface area (Å²) in [5.41, 5.74) is 1.21. The molecule has 0 unspecified atom stereocenters. The number of para-hydroxylation sites is 1. The summed E-state index contributed by atoms with van der Waals surface area (Å²) in [6, 6.07) is 7.49. The molecule has 1 saturated heterocycles. The second kappa shape index (κ2) is 7.92. The van der Waals surface area contributed by atoms with Crippen molar-refractivity contribution in [1.29, 1.82) is 0 Å². The van der Waals surface area contributed by atoms with Crippen LogP contribution in [-0.4, -0.2) is 48.2 Å². The van der Waals surface area contributed by atoms with Crippen molar-refractivity contribution in [1.82, 2.24) is 26.1 Å². The number of fused-ring (bicyclic) bond motifs is 1. The molecule has 3 rings (SSSR count). The predicted octanol–water partition coefficient (Wildman–Crippen LogP) is 0.799. The van der Waals surface area contributed by atoms with Crippen LogP contribution in [0.5, 0.6) is 0 Å². The molecule has 4 N–H and O–H groups in total. The maximum atomic E-state index is 12.2. The van der Waals surface area contributed by atoms with Gasteiger partial charge in [0, 0.05) is 24.9 Å². The molecule has 0 spiro atoms. The van der Waals surface area contributed by atoms with E-state index in [1.54, 1.807) is 0 Å². The SMILES string of the molecule is O=C(CC1CCNCC1)NCCNC(=O)c1n[nH]c2ccccc12. The van der Waals surface area contributed by atoms with E-state index < -0.39 is 0 Å². The van der Waals surface area contributed by atoms with Gasteiger partial charge in [0.1, 0.15) is 0 Å². The quantitative estimate of drug-likeness (QED) is 0.589. The Hall–Kier alpha value is -2.41. The summed E-state index contributed by atoms with van der Waals surface area (Å²) >= 11 is 0. The first-order valence-electron chi connectivity index (χ1n) is 8.43. The van der Waals surface area contributed by atoms with Crippen LogP contribution in [0.15, 0.2) is 24.3 Å². The van der Waals surface area contributed by atoms with E-state index in [1.165, 1.54) is 0 Å². The number of hydrogen-bond acceptors (Lipinski definition) is 4. The Labute approximate surface area is 140 Å². The minimum atomic E-state index is -0.236. The molecule has 0 saturated carbocycles. The lowest BCUT2D eigenvalue weighted by molar-refractivity contribution is -0.122. The number of H-pyrrole nitrogens is 1. The van der Waals surface area contributed by atoms with Gasteiger partial charge in [0.2, 0.25) is 5.91 Å². The number of aromatic nitrogens is 2. The number of aromatic amines is 1. The van der Waals surface area contributed by atoms with Gasteiger partial charge in [-0.3, -0.25) is 14.7 Å². The molecule has 24 heavy (non-hydrogen) atoms. The predicted molar refractivity (Wildman–Crippen MR) is 91.6 cm³/mol. The topological polar surface area (TPSA) is 98.9 Å². The van der Waals surface area contributed by atoms with Crippen molar-refractivity contribution in [3.05, 3.63) is 30.0 Å². The summed E-state index contributed by atoms with van der Waals surface area (Å²) in [6.45, 7) is 2.80. The summed E-state index contributed by atoms with van der Waals surface area (Å²) in [5.74, 6) is 0.290. The third kappa shape index (κ3) is 4.11. The van der Waals surface area contributed by atoms with Crippen molar-refractivity contribution in [2.45, 2.75) is 19.3 Å². The van der Waals surface area contributed by atoms with Gasteiger partial charge in [-0.1, -0.05) is 18.2 Å². The van der Waals surface area contributed by atoms with E-state index in [4.69, 9.17) is 0 Å². The molecule has 0 aliphatic carbocycles. The molecule has 2 aromatic rings. The van der Waals surface area contributed by atoms with Crippen LogP contribution in [0.25, 0.3) is 10.9 Å². The van der Waals surface area contributed by atoms with Gasteiger partial charge in [0.15, 0.2) is 5.69 Å². The highest BCUT2D eigenvalue weighted by Crippen LogP contribution is 2.15. The standard InChI is InChI=1S/C17H23N5O2/c23-15(11-12-5-7-18-8-6-12)19-9-10-20-17(24)16-13-3-1-2-4-14(13)21-22-16/h1-4,12,18H,5-11H2,(H,19,23)(H,20,24)(H,21,22). The Balaban J connectivity index is 1.40. The summed E-state index contributed by atoms with van der Waals surface area (Å²) in [6.07, 6.45) is 2.67. The van der Waals surface area contributed by atoms with Crippen molar-refractivity contribution >= 4 is 22.7 Å². The smallest absolute Gasteiger partial charge is 0.272 e. The first-order chi connectivity index (χ1) is 11.7. The molecular formula is C17H23N5O2. The number of amides is 2. The zero-order valence-electron chi connectivity index (χ0n) is 13.6. The maximum absolute atomic E-state index is 12.2. The molecule has 1 aliphatic heterocycles. The van der Waals surface area contributed by atoms with Gasteiger partial charge >= 0.3 is 0 Å². The lowest BCUT2D eigenvalue weighted by Crippen LogP contribution is -2.36. The number of piperidine rings is 1. The highest BCUT2D eigenvalue weighted by molar-refractivity contribution is 6.04. The van der Waals surface area contributed by atoms with Gasteiger partial charge in [-0.05, 0) is 37.9 Å². The third-order valence-corrected chi connectivity index (χ3v) is 4.35. The van der Waals surface area contributed by atoms with Crippen LogP contribution in [0, 0.1) is 5.92 Å². The summed E-state index contributed by atoms with van der Waals surface area (Å²) < 4.78 is 0. The number of hydrogen-bond donors (Lipinski definition) is 4. The van der Waals surface area contributed by atoms with Crippen LogP contribution in [0.1, 0.15) is 29.8 Å². The van der Waals surface area contributed by atoms with Crippen molar-refractivity contribution < 1.29 is 9.59 Å². The molecule has 1 aromatic carbocycles. The van der Waals surface area contributed by atoms with Gasteiger partial charge in [0.05, 0.1) is 5.52 Å². The highest BCUT2D eigenvalue weighted by Gasteiger charge is 2.17. The number of nitrogens with one attached hydrogen (secondary N) is 4. The van der Waals surface area contributed by atoms with Crippen LogP contribution in [0.2, 0.25) is 0 Å². The van der Waals surface area contributed by atoms with E-state index in [1.807, 2.05) is 24.3 Å². The molecule has 7 nitrogen and oxygen atoms in total. The minimum Gasteiger partial charge on any atom is -0.354 e. The third-order valence-electron chi connectivity index (χ3n) is 4.35. The molecular weight excluding hydrogens is 306 g/mol. The zero-order valence-corrected chi connectivity index (χ0v) is 13.6. The second-order valence-corrected chi connectivity index (χ2v) is 6.12.